The van der Waals surface area contributed by atoms with Crippen molar-refractivity contribution in [1.82, 2.24) is 9.38 Å². The minimum Gasteiger partial charge on any atom is -0.481 e. The second-order valence-electron chi connectivity index (χ2n) is 4.42. The summed E-state index contributed by atoms with van der Waals surface area (Å²) in [6, 6.07) is 5.80. The molecule has 2 aromatic rings. The van der Waals surface area contributed by atoms with Crippen molar-refractivity contribution >= 4 is 11.6 Å². The van der Waals surface area contributed by atoms with E-state index in [4.69, 9.17) is 5.11 Å². The molecule has 4 nitrogen and oxygen atoms in total. The molecule has 1 N–H and O–H groups in total. The van der Waals surface area contributed by atoms with Crippen LogP contribution in [0.1, 0.15) is 25.0 Å². The number of aromatic nitrogens is 2. The van der Waals surface area contributed by atoms with Gasteiger partial charge in [-0.05, 0) is 25.0 Å². The number of fused-ring (bicyclic) bond motifs is 1. The topological polar surface area (TPSA) is 54.6 Å². The summed E-state index contributed by atoms with van der Waals surface area (Å²) in [6.45, 7) is 0. The van der Waals surface area contributed by atoms with Crippen molar-refractivity contribution < 1.29 is 9.90 Å². The molecule has 0 radical (unpaired) electrons. The van der Waals surface area contributed by atoms with Gasteiger partial charge in [-0.25, -0.2) is 4.98 Å². The number of carbonyl (C=O) groups is 1. The van der Waals surface area contributed by atoms with Gasteiger partial charge in [0, 0.05) is 23.5 Å². The van der Waals surface area contributed by atoms with E-state index in [9.17, 15) is 4.79 Å². The van der Waals surface area contributed by atoms with E-state index in [1.807, 2.05) is 35.0 Å². The minimum absolute atomic E-state index is 0.174. The Labute approximate surface area is 92.5 Å². The first-order valence-electron chi connectivity index (χ1n) is 5.36. The molecule has 0 amide bonds. The van der Waals surface area contributed by atoms with E-state index < -0.39 is 5.97 Å². The smallest absolute Gasteiger partial charge is 0.304 e. The standard InChI is InChI=1S/C12H12N2O2/c15-11(16)7-12(4-5-12)9-8-13-10-3-1-2-6-14(9)10/h1-3,6,8H,4-5,7H2,(H,15,16). The predicted octanol–water partition coefficient (Wildman–Crippen LogP) is 1.84. The summed E-state index contributed by atoms with van der Waals surface area (Å²) in [4.78, 5) is 15.2. The molecule has 4 heteroatoms. The Balaban J connectivity index is 2.09. The molecule has 0 bridgehead atoms. The predicted molar refractivity (Wildman–Crippen MR) is 58.4 cm³/mol. The molecule has 1 aliphatic carbocycles. The zero-order valence-corrected chi connectivity index (χ0v) is 8.76. The van der Waals surface area contributed by atoms with Crippen molar-refractivity contribution in [2.75, 3.05) is 0 Å². The van der Waals surface area contributed by atoms with Gasteiger partial charge in [-0.15, -0.1) is 0 Å². The van der Waals surface area contributed by atoms with Crippen LogP contribution in [0.2, 0.25) is 0 Å². The molecule has 0 aromatic carbocycles. The Kier molecular flexibility index (Phi) is 1.80. The molecule has 1 fully saturated rings. The van der Waals surface area contributed by atoms with Crippen LogP contribution in [0.5, 0.6) is 0 Å². The third kappa shape index (κ3) is 1.30. The van der Waals surface area contributed by atoms with Crippen LogP contribution in [0.4, 0.5) is 0 Å². The number of nitrogens with zero attached hydrogens (tertiary/aromatic N) is 2. The van der Waals surface area contributed by atoms with Crippen LogP contribution < -0.4 is 0 Å². The average molecular weight is 216 g/mol. The normalized spacial score (nSPS) is 17.5. The maximum absolute atomic E-state index is 10.9. The Morgan fingerprint density at radius 3 is 3.00 bits per heavy atom. The molecule has 16 heavy (non-hydrogen) atoms. The fraction of sp³-hybridized carbons (Fsp3) is 0.333. The maximum Gasteiger partial charge on any atom is 0.304 e. The van der Waals surface area contributed by atoms with E-state index in [0.29, 0.717) is 0 Å². The SMILES string of the molecule is O=C(O)CC1(c2cnc3ccccn23)CC1. The summed E-state index contributed by atoms with van der Waals surface area (Å²) >= 11 is 0. The fourth-order valence-corrected chi connectivity index (χ4v) is 2.29. The molecular formula is C12H12N2O2. The average Bonchev–Trinajstić information content (AvgIpc) is 2.89. The Bertz CT molecular complexity index is 555. The lowest BCUT2D eigenvalue weighted by Crippen LogP contribution is -2.15. The molecule has 0 atom stereocenters. The zero-order chi connectivity index (χ0) is 11.2. The zero-order valence-electron chi connectivity index (χ0n) is 8.76. The van der Waals surface area contributed by atoms with E-state index >= 15 is 0 Å². The van der Waals surface area contributed by atoms with Gasteiger partial charge in [-0.1, -0.05) is 6.07 Å². The first kappa shape index (κ1) is 9.39. The highest BCUT2D eigenvalue weighted by atomic mass is 16.4. The Morgan fingerprint density at radius 1 is 1.50 bits per heavy atom. The van der Waals surface area contributed by atoms with E-state index in [1.54, 1.807) is 0 Å². The van der Waals surface area contributed by atoms with E-state index in [1.165, 1.54) is 0 Å². The summed E-state index contributed by atoms with van der Waals surface area (Å²) in [5.74, 6) is -0.733. The molecule has 82 valence electrons. The third-order valence-electron chi connectivity index (χ3n) is 3.30. The molecule has 0 spiro atoms. The van der Waals surface area contributed by atoms with Crippen molar-refractivity contribution in [3.63, 3.8) is 0 Å². The number of imidazole rings is 1. The maximum atomic E-state index is 10.9. The molecular weight excluding hydrogens is 204 g/mol. The van der Waals surface area contributed by atoms with Gasteiger partial charge < -0.3 is 9.51 Å². The summed E-state index contributed by atoms with van der Waals surface area (Å²) in [5.41, 5.74) is 1.74. The summed E-state index contributed by atoms with van der Waals surface area (Å²) < 4.78 is 2.00. The lowest BCUT2D eigenvalue weighted by atomic mass is 9.99. The van der Waals surface area contributed by atoms with Crippen LogP contribution in [0.15, 0.2) is 30.6 Å². The molecule has 1 aliphatic rings. The molecule has 2 aromatic heterocycles. The Hall–Kier alpha value is -1.84. The summed E-state index contributed by atoms with van der Waals surface area (Å²) in [6.07, 6.45) is 5.85. The molecule has 3 rings (SSSR count). The highest BCUT2D eigenvalue weighted by Gasteiger charge is 2.48. The highest BCUT2D eigenvalue weighted by Crippen LogP contribution is 2.50. The number of rotatable bonds is 3. The number of carboxylic acid groups (broad SMARTS) is 1. The van der Waals surface area contributed by atoms with Crippen molar-refractivity contribution in [1.29, 1.82) is 0 Å². The molecule has 2 heterocycles. The van der Waals surface area contributed by atoms with Crippen molar-refractivity contribution in [3.05, 3.63) is 36.3 Å². The monoisotopic (exact) mass is 216 g/mol. The van der Waals surface area contributed by atoms with Gasteiger partial charge in [0.05, 0.1) is 6.42 Å². The molecule has 1 saturated carbocycles. The van der Waals surface area contributed by atoms with Gasteiger partial charge >= 0.3 is 5.97 Å². The number of carboxylic acids is 1. The second kappa shape index (κ2) is 3.07. The van der Waals surface area contributed by atoms with Crippen LogP contribution in [0.25, 0.3) is 5.65 Å². The van der Waals surface area contributed by atoms with Crippen LogP contribution in [0.3, 0.4) is 0 Å². The van der Waals surface area contributed by atoms with Crippen molar-refractivity contribution in [2.24, 2.45) is 0 Å². The van der Waals surface area contributed by atoms with E-state index in [-0.39, 0.29) is 11.8 Å². The van der Waals surface area contributed by atoms with Gasteiger partial charge in [0.25, 0.3) is 0 Å². The summed E-state index contributed by atoms with van der Waals surface area (Å²) in [5, 5.41) is 8.93. The largest absolute Gasteiger partial charge is 0.481 e. The molecule has 0 aliphatic heterocycles. The van der Waals surface area contributed by atoms with Crippen molar-refractivity contribution in [3.8, 4) is 0 Å². The minimum atomic E-state index is -0.733. The number of hydrogen-bond donors (Lipinski definition) is 1. The second-order valence-corrected chi connectivity index (χ2v) is 4.42. The highest BCUT2D eigenvalue weighted by molar-refractivity contribution is 5.70. The van der Waals surface area contributed by atoms with Gasteiger partial charge in [-0.2, -0.15) is 0 Å². The van der Waals surface area contributed by atoms with Crippen molar-refractivity contribution in [2.45, 2.75) is 24.7 Å². The molecule has 0 unspecified atom stereocenters. The number of aliphatic carboxylic acids is 1. The number of hydrogen-bond acceptors (Lipinski definition) is 2. The van der Waals surface area contributed by atoms with Gasteiger partial charge in [-0.3, -0.25) is 4.79 Å². The van der Waals surface area contributed by atoms with E-state index in [0.717, 1.165) is 24.2 Å². The quantitative estimate of drug-likeness (QED) is 0.851. The van der Waals surface area contributed by atoms with E-state index in [2.05, 4.69) is 4.98 Å². The van der Waals surface area contributed by atoms with Gasteiger partial charge in [0.15, 0.2) is 0 Å². The van der Waals surface area contributed by atoms with Crippen LogP contribution in [0, 0.1) is 0 Å². The lowest BCUT2D eigenvalue weighted by molar-refractivity contribution is -0.137. The van der Waals surface area contributed by atoms with Crippen LogP contribution in [-0.4, -0.2) is 20.5 Å². The van der Waals surface area contributed by atoms with Crippen LogP contribution >= 0.6 is 0 Å². The third-order valence-corrected chi connectivity index (χ3v) is 3.30. The number of pyridine rings is 1. The first-order valence-corrected chi connectivity index (χ1v) is 5.36. The molecule has 0 saturated heterocycles. The van der Waals surface area contributed by atoms with Crippen LogP contribution in [-0.2, 0) is 10.2 Å². The Morgan fingerprint density at radius 2 is 2.31 bits per heavy atom. The first-order chi connectivity index (χ1) is 7.71. The van der Waals surface area contributed by atoms with Gasteiger partial charge in [0.1, 0.15) is 5.65 Å². The lowest BCUT2D eigenvalue weighted by Gasteiger charge is -2.11. The summed E-state index contributed by atoms with van der Waals surface area (Å²) in [7, 11) is 0. The fourth-order valence-electron chi connectivity index (χ4n) is 2.29. The van der Waals surface area contributed by atoms with Gasteiger partial charge in [0.2, 0.25) is 0 Å².